The number of carbonyl (C=O) groups is 2. The van der Waals surface area contributed by atoms with Gasteiger partial charge in [-0.2, -0.15) is 0 Å². The fourth-order valence-electron chi connectivity index (χ4n) is 3.53. The topological polar surface area (TPSA) is 58.6 Å². The van der Waals surface area contributed by atoms with Crippen LogP contribution in [0, 0.1) is 0 Å². The number of rotatable bonds is 6. The van der Waals surface area contributed by atoms with Crippen molar-refractivity contribution in [2.24, 2.45) is 0 Å². The first kappa shape index (κ1) is 19.1. The van der Waals surface area contributed by atoms with E-state index in [9.17, 15) is 9.59 Å². The first-order valence-electron chi connectivity index (χ1n) is 9.59. The highest BCUT2D eigenvalue weighted by Gasteiger charge is 2.36. The number of carbonyl (C=O) groups excluding carboxylic acids is 2. The maximum atomic E-state index is 12.5. The van der Waals surface area contributed by atoms with Gasteiger partial charge in [0.25, 0.3) is 0 Å². The lowest BCUT2D eigenvalue weighted by molar-refractivity contribution is -0.147. The predicted molar refractivity (Wildman–Crippen MR) is 104 cm³/mol. The third-order valence-corrected chi connectivity index (χ3v) is 6.06. The van der Waals surface area contributed by atoms with Gasteiger partial charge in [0.2, 0.25) is 0 Å². The van der Waals surface area contributed by atoms with Crippen molar-refractivity contribution in [2.75, 3.05) is 18.2 Å². The minimum Gasteiger partial charge on any atom is -0.464 e. The van der Waals surface area contributed by atoms with E-state index in [4.69, 9.17) is 4.74 Å². The molecule has 1 heterocycles. The zero-order valence-corrected chi connectivity index (χ0v) is 16.0. The molecule has 0 spiro atoms. The van der Waals surface area contributed by atoms with E-state index in [-0.39, 0.29) is 18.0 Å². The summed E-state index contributed by atoms with van der Waals surface area (Å²) in [6.07, 6.45) is 7.37. The molecule has 1 aliphatic heterocycles. The fraction of sp³-hybridized carbons (Fsp3) is 0.600. The summed E-state index contributed by atoms with van der Waals surface area (Å²) in [5, 5.41) is 3.10. The summed E-state index contributed by atoms with van der Waals surface area (Å²) in [6, 6.07) is 9.85. The average Bonchev–Trinajstić information content (AvgIpc) is 3.17. The van der Waals surface area contributed by atoms with Crippen molar-refractivity contribution in [1.82, 2.24) is 10.2 Å². The number of aryl methyl sites for hydroxylation is 1. The van der Waals surface area contributed by atoms with Crippen LogP contribution in [0.5, 0.6) is 0 Å². The molecule has 1 saturated carbocycles. The van der Waals surface area contributed by atoms with Crippen LogP contribution >= 0.6 is 11.8 Å². The Kier molecular flexibility index (Phi) is 7.23. The van der Waals surface area contributed by atoms with Crippen LogP contribution in [0.1, 0.15) is 44.1 Å². The summed E-state index contributed by atoms with van der Waals surface area (Å²) in [5.41, 5.74) is 1.24. The highest BCUT2D eigenvalue weighted by atomic mass is 32.2. The van der Waals surface area contributed by atoms with E-state index in [1.165, 1.54) is 24.8 Å². The molecule has 26 heavy (non-hydrogen) atoms. The van der Waals surface area contributed by atoms with E-state index in [0.717, 1.165) is 25.7 Å². The number of nitrogens with one attached hydrogen (secondary N) is 1. The van der Waals surface area contributed by atoms with Gasteiger partial charge in [-0.1, -0.05) is 49.6 Å². The van der Waals surface area contributed by atoms with Crippen LogP contribution in [0.25, 0.3) is 0 Å². The van der Waals surface area contributed by atoms with Gasteiger partial charge in [-0.05, 0) is 31.2 Å². The molecule has 3 rings (SSSR count). The Balaban J connectivity index is 1.41. The first-order chi connectivity index (χ1) is 12.7. The lowest BCUT2D eigenvalue weighted by atomic mass is 9.96. The van der Waals surface area contributed by atoms with Crippen LogP contribution in [0.3, 0.4) is 0 Å². The van der Waals surface area contributed by atoms with Crippen LogP contribution in [0.4, 0.5) is 4.79 Å². The van der Waals surface area contributed by atoms with Crippen molar-refractivity contribution in [2.45, 2.75) is 57.0 Å². The van der Waals surface area contributed by atoms with Gasteiger partial charge in [-0.25, -0.2) is 9.59 Å². The SMILES string of the molecule is O=C(OCCCc1ccccc1)C1CSCN1C(=O)NC1CCCCC1. The minimum atomic E-state index is -0.458. The lowest BCUT2D eigenvalue weighted by Crippen LogP contribution is -2.50. The van der Waals surface area contributed by atoms with Crippen LogP contribution < -0.4 is 5.32 Å². The van der Waals surface area contributed by atoms with E-state index in [0.29, 0.717) is 18.2 Å². The van der Waals surface area contributed by atoms with E-state index >= 15 is 0 Å². The van der Waals surface area contributed by atoms with Crippen molar-refractivity contribution in [3.63, 3.8) is 0 Å². The molecule has 1 unspecified atom stereocenters. The molecule has 5 nitrogen and oxygen atoms in total. The molecule has 1 aromatic rings. The maximum absolute atomic E-state index is 12.5. The Hall–Kier alpha value is -1.69. The van der Waals surface area contributed by atoms with Gasteiger partial charge in [-0.15, -0.1) is 11.8 Å². The Labute approximate surface area is 159 Å². The quantitative estimate of drug-likeness (QED) is 0.609. The highest BCUT2D eigenvalue weighted by molar-refractivity contribution is 7.99. The largest absolute Gasteiger partial charge is 0.464 e. The summed E-state index contributed by atoms with van der Waals surface area (Å²) >= 11 is 1.61. The van der Waals surface area contributed by atoms with Crippen LogP contribution in [0.15, 0.2) is 30.3 Å². The lowest BCUT2D eigenvalue weighted by Gasteiger charge is -2.28. The number of ether oxygens (including phenoxy) is 1. The van der Waals surface area contributed by atoms with Crippen molar-refractivity contribution in [1.29, 1.82) is 0 Å². The summed E-state index contributed by atoms with van der Waals surface area (Å²) in [4.78, 5) is 26.6. The first-order valence-corrected chi connectivity index (χ1v) is 10.7. The molecule has 1 aromatic carbocycles. The molecule has 0 aromatic heterocycles. The molecule has 1 aliphatic carbocycles. The average molecular weight is 377 g/mol. The third-order valence-electron chi connectivity index (χ3n) is 5.04. The summed E-state index contributed by atoms with van der Waals surface area (Å²) in [6.45, 7) is 0.396. The molecule has 2 aliphatic rings. The molecule has 0 bridgehead atoms. The number of hydrogen-bond acceptors (Lipinski definition) is 4. The normalized spacial score (nSPS) is 20.8. The number of esters is 1. The highest BCUT2D eigenvalue weighted by Crippen LogP contribution is 2.23. The smallest absolute Gasteiger partial charge is 0.329 e. The monoisotopic (exact) mass is 376 g/mol. The summed E-state index contributed by atoms with van der Waals surface area (Å²) in [5.74, 6) is 0.902. The fourth-order valence-corrected chi connectivity index (χ4v) is 4.67. The third kappa shape index (κ3) is 5.40. The van der Waals surface area contributed by atoms with Gasteiger partial charge in [0.15, 0.2) is 0 Å². The molecular weight excluding hydrogens is 348 g/mol. The summed E-state index contributed by atoms with van der Waals surface area (Å²) < 4.78 is 5.44. The van der Waals surface area contributed by atoms with Gasteiger partial charge in [0.05, 0.1) is 12.5 Å². The number of urea groups is 1. The zero-order chi connectivity index (χ0) is 18.2. The predicted octanol–water partition coefficient (Wildman–Crippen LogP) is 3.58. The number of thioether (sulfide) groups is 1. The van der Waals surface area contributed by atoms with Crippen LogP contribution in [-0.4, -0.2) is 47.2 Å². The van der Waals surface area contributed by atoms with Gasteiger partial charge in [-0.3, -0.25) is 0 Å². The van der Waals surface area contributed by atoms with Gasteiger partial charge < -0.3 is 15.0 Å². The molecule has 0 radical (unpaired) electrons. The number of nitrogens with zero attached hydrogens (tertiary/aromatic N) is 1. The van der Waals surface area contributed by atoms with E-state index in [1.54, 1.807) is 16.7 Å². The Morgan fingerprint density at radius 2 is 1.92 bits per heavy atom. The second-order valence-corrected chi connectivity index (χ2v) is 8.03. The van der Waals surface area contributed by atoms with Gasteiger partial charge in [0.1, 0.15) is 6.04 Å². The van der Waals surface area contributed by atoms with Gasteiger partial charge >= 0.3 is 12.0 Å². The summed E-state index contributed by atoms with van der Waals surface area (Å²) in [7, 11) is 0. The number of hydrogen-bond donors (Lipinski definition) is 1. The molecule has 6 heteroatoms. The van der Waals surface area contributed by atoms with Crippen molar-refractivity contribution >= 4 is 23.8 Å². The van der Waals surface area contributed by atoms with Crippen molar-refractivity contribution in [3.05, 3.63) is 35.9 Å². The Morgan fingerprint density at radius 1 is 1.15 bits per heavy atom. The molecule has 1 saturated heterocycles. The van der Waals surface area contributed by atoms with Crippen LogP contribution in [0.2, 0.25) is 0 Å². The molecular formula is C20H28N2O3S. The van der Waals surface area contributed by atoms with Crippen LogP contribution in [-0.2, 0) is 16.0 Å². The second-order valence-electron chi connectivity index (χ2n) is 7.03. The molecule has 2 amide bonds. The molecule has 1 N–H and O–H groups in total. The standard InChI is InChI=1S/C20H28N2O3S/c23-19(25-13-7-10-16-8-3-1-4-9-16)18-14-26-15-22(18)20(24)21-17-11-5-2-6-12-17/h1,3-4,8-9,17-18H,2,5-7,10-15H2,(H,21,24). The molecule has 142 valence electrons. The molecule has 1 atom stereocenters. The van der Waals surface area contributed by atoms with Gasteiger partial charge in [0, 0.05) is 11.8 Å². The maximum Gasteiger partial charge on any atom is 0.329 e. The van der Waals surface area contributed by atoms with E-state index in [2.05, 4.69) is 17.4 Å². The minimum absolute atomic E-state index is 0.117. The van der Waals surface area contributed by atoms with Crippen molar-refractivity contribution < 1.29 is 14.3 Å². The second kappa shape index (κ2) is 9.86. The Bertz CT molecular complexity index is 590. The number of amides is 2. The van der Waals surface area contributed by atoms with E-state index < -0.39 is 6.04 Å². The number of benzene rings is 1. The molecule has 2 fully saturated rings. The zero-order valence-electron chi connectivity index (χ0n) is 15.2. The van der Waals surface area contributed by atoms with E-state index in [1.807, 2.05) is 18.2 Å². The Morgan fingerprint density at radius 3 is 2.69 bits per heavy atom. The van der Waals surface area contributed by atoms with Crippen molar-refractivity contribution in [3.8, 4) is 0 Å².